The van der Waals surface area contributed by atoms with Crippen LogP contribution in [-0.2, 0) is 10.0 Å². The van der Waals surface area contributed by atoms with E-state index in [9.17, 15) is 8.42 Å². The minimum atomic E-state index is -3.56. The standard InChI is InChI=1S/C21H21ClN6O2S2/c1-14-13-15(2)28(25-14)21-20(23-16-5-3-4-6-17(16)24-21)26-9-11-27(12-10-26)32(29,30)19-8-7-18(22)31-19/h3-8,13H,9-12H2,1-2H3. The molecule has 0 atom stereocenters. The summed E-state index contributed by atoms with van der Waals surface area (Å²) in [6.07, 6.45) is 0. The van der Waals surface area contributed by atoms with E-state index in [4.69, 9.17) is 21.6 Å². The quantitative estimate of drug-likeness (QED) is 0.436. The zero-order valence-corrected chi connectivity index (χ0v) is 20.0. The molecule has 1 fully saturated rings. The van der Waals surface area contributed by atoms with Crippen molar-refractivity contribution < 1.29 is 8.42 Å². The maximum Gasteiger partial charge on any atom is 0.252 e. The van der Waals surface area contributed by atoms with Gasteiger partial charge in [-0.3, -0.25) is 0 Å². The van der Waals surface area contributed by atoms with Gasteiger partial charge in [0.2, 0.25) is 0 Å². The molecule has 0 saturated carbocycles. The lowest BCUT2D eigenvalue weighted by molar-refractivity contribution is 0.384. The molecule has 0 aliphatic carbocycles. The van der Waals surface area contributed by atoms with Gasteiger partial charge in [0.05, 0.1) is 21.1 Å². The fraction of sp³-hybridized carbons (Fsp3) is 0.286. The van der Waals surface area contributed by atoms with Crippen LogP contribution in [0.1, 0.15) is 11.4 Å². The number of benzene rings is 1. The summed E-state index contributed by atoms with van der Waals surface area (Å²) >= 11 is 7.03. The van der Waals surface area contributed by atoms with E-state index in [0.29, 0.717) is 42.2 Å². The first-order chi connectivity index (χ1) is 15.3. The summed E-state index contributed by atoms with van der Waals surface area (Å²) in [5.41, 5.74) is 3.43. The summed E-state index contributed by atoms with van der Waals surface area (Å²) in [5, 5.41) is 4.61. The SMILES string of the molecule is Cc1cc(C)n(-c2nc3ccccc3nc2N2CCN(S(=O)(=O)c3ccc(Cl)s3)CC2)n1. The Bertz CT molecular complexity index is 1410. The van der Waals surface area contributed by atoms with Crippen LogP contribution >= 0.6 is 22.9 Å². The molecule has 3 aromatic heterocycles. The predicted octanol–water partition coefficient (Wildman–Crippen LogP) is 3.66. The van der Waals surface area contributed by atoms with Gasteiger partial charge in [-0.05, 0) is 44.2 Å². The Balaban J connectivity index is 1.49. The Hall–Kier alpha value is -2.53. The van der Waals surface area contributed by atoms with Crippen molar-refractivity contribution in [2.75, 3.05) is 31.1 Å². The second-order valence-electron chi connectivity index (χ2n) is 7.65. The average Bonchev–Trinajstić information content (AvgIpc) is 3.38. The minimum absolute atomic E-state index is 0.268. The Kier molecular flexibility index (Phi) is 5.40. The number of piperazine rings is 1. The highest BCUT2D eigenvalue weighted by Crippen LogP contribution is 2.30. The zero-order chi connectivity index (χ0) is 22.5. The first-order valence-corrected chi connectivity index (χ1v) is 12.8. The molecule has 8 nitrogen and oxygen atoms in total. The topological polar surface area (TPSA) is 84.2 Å². The average molecular weight is 489 g/mol. The van der Waals surface area contributed by atoms with Gasteiger partial charge in [-0.2, -0.15) is 9.40 Å². The molecule has 166 valence electrons. The molecule has 4 heterocycles. The number of aromatic nitrogens is 4. The largest absolute Gasteiger partial charge is 0.351 e. The van der Waals surface area contributed by atoms with Crippen LogP contribution in [-0.4, -0.2) is 58.7 Å². The van der Waals surface area contributed by atoms with Crippen LogP contribution in [0.2, 0.25) is 4.34 Å². The number of fused-ring (bicyclic) bond motifs is 1. The number of para-hydroxylation sites is 2. The van der Waals surface area contributed by atoms with E-state index in [1.54, 1.807) is 16.8 Å². The van der Waals surface area contributed by atoms with Crippen LogP contribution in [0.3, 0.4) is 0 Å². The summed E-state index contributed by atoms with van der Waals surface area (Å²) in [4.78, 5) is 11.8. The Morgan fingerprint density at radius 3 is 2.16 bits per heavy atom. The molecule has 0 spiro atoms. The number of rotatable bonds is 4. The molecule has 1 aliphatic heterocycles. The maximum absolute atomic E-state index is 13.0. The van der Waals surface area contributed by atoms with E-state index < -0.39 is 10.0 Å². The predicted molar refractivity (Wildman–Crippen MR) is 126 cm³/mol. The van der Waals surface area contributed by atoms with Crippen LogP contribution in [0, 0.1) is 13.8 Å². The van der Waals surface area contributed by atoms with Gasteiger partial charge >= 0.3 is 0 Å². The van der Waals surface area contributed by atoms with Crippen LogP contribution < -0.4 is 4.90 Å². The third-order valence-corrected chi connectivity index (χ3v) is 9.02. The van der Waals surface area contributed by atoms with Crippen molar-refractivity contribution in [2.45, 2.75) is 18.1 Å². The van der Waals surface area contributed by atoms with E-state index in [0.717, 1.165) is 33.8 Å². The fourth-order valence-corrected chi connectivity index (χ4v) is 6.94. The summed E-state index contributed by atoms with van der Waals surface area (Å²) < 4.78 is 30.0. The normalized spacial score (nSPS) is 15.5. The molecule has 0 radical (unpaired) electrons. The van der Waals surface area contributed by atoms with Gasteiger partial charge in [-0.25, -0.2) is 23.1 Å². The molecule has 0 unspecified atom stereocenters. The molecule has 0 N–H and O–H groups in total. The number of thiophene rings is 1. The van der Waals surface area contributed by atoms with Gasteiger partial charge in [-0.1, -0.05) is 23.7 Å². The molecular weight excluding hydrogens is 468 g/mol. The van der Waals surface area contributed by atoms with Crippen molar-refractivity contribution in [2.24, 2.45) is 0 Å². The molecule has 5 rings (SSSR count). The van der Waals surface area contributed by atoms with Crippen molar-refractivity contribution in [3.63, 3.8) is 0 Å². The van der Waals surface area contributed by atoms with Crippen molar-refractivity contribution in [3.8, 4) is 5.82 Å². The van der Waals surface area contributed by atoms with Crippen LogP contribution in [0.5, 0.6) is 0 Å². The first-order valence-electron chi connectivity index (χ1n) is 10.1. The highest BCUT2D eigenvalue weighted by molar-refractivity contribution is 7.91. The Morgan fingerprint density at radius 1 is 0.938 bits per heavy atom. The van der Waals surface area contributed by atoms with Gasteiger partial charge in [0.25, 0.3) is 10.0 Å². The number of halogens is 1. The molecule has 4 aromatic rings. The van der Waals surface area contributed by atoms with Gasteiger partial charge < -0.3 is 4.90 Å². The maximum atomic E-state index is 13.0. The highest BCUT2D eigenvalue weighted by atomic mass is 35.5. The third kappa shape index (κ3) is 3.77. The molecule has 32 heavy (non-hydrogen) atoms. The highest BCUT2D eigenvalue weighted by Gasteiger charge is 2.31. The van der Waals surface area contributed by atoms with E-state index in [1.807, 2.05) is 44.2 Å². The summed E-state index contributed by atoms with van der Waals surface area (Å²) in [5.74, 6) is 1.35. The molecule has 0 bridgehead atoms. The van der Waals surface area contributed by atoms with Crippen LogP contribution in [0.25, 0.3) is 16.9 Å². The van der Waals surface area contributed by atoms with Crippen molar-refractivity contribution in [1.29, 1.82) is 0 Å². The molecular formula is C21H21ClN6O2S2. The van der Waals surface area contributed by atoms with Gasteiger partial charge in [0.1, 0.15) is 4.21 Å². The van der Waals surface area contributed by atoms with Crippen LogP contribution in [0.15, 0.2) is 46.7 Å². The molecule has 0 amide bonds. The molecule has 1 saturated heterocycles. The number of hydrogen-bond acceptors (Lipinski definition) is 7. The number of hydrogen-bond donors (Lipinski definition) is 0. The van der Waals surface area contributed by atoms with Crippen molar-refractivity contribution >= 4 is 49.8 Å². The van der Waals surface area contributed by atoms with E-state index in [2.05, 4.69) is 10.00 Å². The fourth-order valence-electron chi connectivity index (χ4n) is 3.88. The summed E-state index contributed by atoms with van der Waals surface area (Å²) in [7, 11) is -3.56. The van der Waals surface area contributed by atoms with Gasteiger partial charge in [0, 0.05) is 31.9 Å². The first kappa shape index (κ1) is 21.3. The van der Waals surface area contributed by atoms with Crippen LogP contribution in [0.4, 0.5) is 5.82 Å². The van der Waals surface area contributed by atoms with Gasteiger partial charge in [0.15, 0.2) is 11.6 Å². The van der Waals surface area contributed by atoms with Gasteiger partial charge in [-0.15, -0.1) is 11.3 Å². The molecule has 11 heteroatoms. The number of aryl methyl sites for hydroxylation is 2. The van der Waals surface area contributed by atoms with E-state index in [1.165, 1.54) is 4.31 Å². The summed E-state index contributed by atoms with van der Waals surface area (Å²) in [6.45, 7) is 5.62. The lowest BCUT2D eigenvalue weighted by atomic mass is 10.3. The third-order valence-electron chi connectivity index (χ3n) is 5.43. The lowest BCUT2D eigenvalue weighted by Gasteiger charge is -2.35. The molecule has 1 aliphatic rings. The number of nitrogens with zero attached hydrogens (tertiary/aromatic N) is 6. The van der Waals surface area contributed by atoms with E-state index in [-0.39, 0.29) is 4.21 Å². The second-order valence-corrected chi connectivity index (χ2v) is 11.5. The van der Waals surface area contributed by atoms with Crippen molar-refractivity contribution in [1.82, 2.24) is 24.1 Å². The minimum Gasteiger partial charge on any atom is -0.351 e. The zero-order valence-electron chi connectivity index (χ0n) is 17.6. The monoisotopic (exact) mass is 488 g/mol. The Labute approximate surface area is 195 Å². The van der Waals surface area contributed by atoms with Crippen molar-refractivity contribution in [3.05, 3.63) is 58.2 Å². The number of sulfonamides is 1. The number of anilines is 1. The van der Waals surface area contributed by atoms with E-state index >= 15 is 0 Å². The smallest absolute Gasteiger partial charge is 0.252 e. The summed E-state index contributed by atoms with van der Waals surface area (Å²) in [6, 6.07) is 12.9. The lowest BCUT2D eigenvalue weighted by Crippen LogP contribution is -2.49. The Morgan fingerprint density at radius 2 is 1.59 bits per heavy atom. The second kappa shape index (κ2) is 8.11. The molecule has 1 aromatic carbocycles.